The Hall–Kier alpha value is -1.11. The molecule has 0 amide bonds. The molecule has 0 aliphatic carbocycles. The van der Waals surface area contributed by atoms with Gasteiger partial charge in [-0.25, -0.2) is 8.78 Å². The summed E-state index contributed by atoms with van der Waals surface area (Å²) in [6.07, 6.45) is 0.222. The van der Waals surface area contributed by atoms with Gasteiger partial charge in [-0.1, -0.05) is 31.2 Å². The lowest BCUT2D eigenvalue weighted by atomic mass is 10.1. The van der Waals surface area contributed by atoms with Crippen LogP contribution in [0.1, 0.15) is 36.4 Å². The van der Waals surface area contributed by atoms with Crippen molar-refractivity contribution in [3.63, 3.8) is 0 Å². The highest BCUT2D eigenvalue weighted by Gasteiger charge is 2.38. The summed E-state index contributed by atoms with van der Waals surface area (Å²) >= 11 is 4.95. The predicted octanol–water partition coefficient (Wildman–Crippen LogP) is 7.23. The van der Waals surface area contributed by atoms with E-state index < -0.39 is 31.0 Å². The summed E-state index contributed by atoms with van der Waals surface area (Å²) in [6.45, 7) is 3.60. The van der Waals surface area contributed by atoms with Gasteiger partial charge >= 0.3 is 7.60 Å². The smallest absolute Gasteiger partial charge is 0.324 e. The van der Waals surface area contributed by atoms with Crippen molar-refractivity contribution in [2.75, 3.05) is 0 Å². The fourth-order valence-electron chi connectivity index (χ4n) is 2.90. The van der Waals surface area contributed by atoms with Crippen LogP contribution in [0.2, 0.25) is 0 Å². The van der Waals surface area contributed by atoms with Crippen LogP contribution in [0.5, 0.6) is 0 Å². The van der Waals surface area contributed by atoms with Crippen molar-refractivity contribution in [3.05, 3.63) is 69.0 Å². The van der Waals surface area contributed by atoms with Gasteiger partial charge in [-0.3, -0.25) is 4.57 Å². The van der Waals surface area contributed by atoms with Gasteiger partial charge in [-0.05, 0) is 59.5 Å². The van der Waals surface area contributed by atoms with E-state index in [1.165, 1.54) is 17.4 Å². The minimum atomic E-state index is -4.11. The third kappa shape index (κ3) is 4.55. The summed E-state index contributed by atoms with van der Waals surface area (Å²) in [6, 6.07) is 11.2. The molecule has 0 saturated carbocycles. The normalized spacial score (nSPS) is 16.1. The molecule has 3 aromatic rings. The van der Waals surface area contributed by atoms with Crippen LogP contribution in [-0.2, 0) is 15.5 Å². The first-order valence-corrected chi connectivity index (χ1v) is 12.1. The van der Waals surface area contributed by atoms with Crippen molar-refractivity contribution in [1.29, 1.82) is 0 Å². The molecule has 3 rings (SSSR count). The topological polar surface area (TPSA) is 46.5 Å². The molecule has 3 unspecified atom stereocenters. The number of hydrogen-bond acceptors (Lipinski definition) is 3. The fraction of sp³-hybridized carbons (Fsp3) is 0.300. The van der Waals surface area contributed by atoms with Crippen LogP contribution in [0.3, 0.4) is 0 Å². The number of thiophene rings is 1. The van der Waals surface area contributed by atoms with E-state index in [2.05, 4.69) is 15.9 Å². The van der Waals surface area contributed by atoms with Crippen LogP contribution in [-0.4, -0.2) is 11.0 Å². The lowest BCUT2D eigenvalue weighted by Crippen LogP contribution is -2.11. The SMILES string of the molecule is CCC(C)OP(=O)(O)C(Cc1ccc(F)c(F)c1)c1sc2ccccc2c1Br. The van der Waals surface area contributed by atoms with E-state index in [0.717, 1.165) is 26.7 Å². The first kappa shape index (κ1) is 21.6. The Labute approximate surface area is 175 Å². The van der Waals surface area contributed by atoms with Gasteiger partial charge in [-0.15, -0.1) is 11.3 Å². The number of fused-ring (bicyclic) bond motifs is 1. The van der Waals surface area contributed by atoms with Gasteiger partial charge in [0.05, 0.1) is 6.10 Å². The predicted molar refractivity (Wildman–Crippen MR) is 113 cm³/mol. The zero-order chi connectivity index (χ0) is 20.5. The van der Waals surface area contributed by atoms with Crippen LogP contribution in [0, 0.1) is 11.6 Å². The molecule has 0 bridgehead atoms. The van der Waals surface area contributed by atoms with E-state index in [-0.39, 0.29) is 6.42 Å². The van der Waals surface area contributed by atoms with Crippen molar-refractivity contribution in [2.24, 2.45) is 0 Å². The molecular formula is C20H20BrF2O3PS. The summed E-state index contributed by atoms with van der Waals surface area (Å²) < 4.78 is 47.4. The summed E-state index contributed by atoms with van der Waals surface area (Å²) in [7, 11) is -4.11. The van der Waals surface area contributed by atoms with Crippen molar-refractivity contribution in [1.82, 2.24) is 0 Å². The first-order valence-electron chi connectivity index (χ1n) is 8.84. The number of benzene rings is 2. The minimum Gasteiger partial charge on any atom is -0.324 e. The van der Waals surface area contributed by atoms with Crippen LogP contribution in [0.4, 0.5) is 8.78 Å². The molecule has 0 fully saturated rings. The molecule has 28 heavy (non-hydrogen) atoms. The standard InChI is InChI=1S/C20H20BrF2O3PS/c1-3-12(2)26-27(24,25)17(11-13-8-9-15(22)16(23)10-13)20-19(21)14-6-4-5-7-18(14)28-20/h4-10,12,17H,3,11H2,1-2H3,(H,24,25). The summed E-state index contributed by atoms with van der Waals surface area (Å²) in [4.78, 5) is 11.5. The van der Waals surface area contributed by atoms with Crippen LogP contribution in [0.15, 0.2) is 46.9 Å². The van der Waals surface area contributed by atoms with Gasteiger partial charge in [0.2, 0.25) is 0 Å². The maximum absolute atomic E-state index is 13.7. The van der Waals surface area contributed by atoms with Crippen molar-refractivity contribution in [2.45, 2.75) is 38.5 Å². The molecule has 0 spiro atoms. The van der Waals surface area contributed by atoms with Crippen LogP contribution < -0.4 is 0 Å². The zero-order valence-electron chi connectivity index (χ0n) is 15.4. The second-order valence-corrected chi connectivity index (χ2v) is 10.5. The number of rotatable bonds is 7. The van der Waals surface area contributed by atoms with Gasteiger partial charge in [0.15, 0.2) is 11.6 Å². The maximum Gasteiger partial charge on any atom is 0.336 e. The van der Waals surface area contributed by atoms with Crippen molar-refractivity contribution in [3.8, 4) is 0 Å². The first-order chi connectivity index (χ1) is 13.2. The summed E-state index contributed by atoms with van der Waals surface area (Å²) in [5, 5.41) is 0.932. The Kier molecular flexibility index (Phi) is 6.72. The Bertz CT molecular complexity index is 1040. The van der Waals surface area contributed by atoms with Crippen molar-refractivity contribution < 1.29 is 22.8 Å². The maximum atomic E-state index is 13.7. The van der Waals surface area contributed by atoms with Crippen LogP contribution in [0.25, 0.3) is 10.1 Å². The molecule has 0 aliphatic heterocycles. The Balaban J connectivity index is 2.08. The van der Waals surface area contributed by atoms with Gasteiger partial charge in [0.1, 0.15) is 5.66 Å². The lowest BCUT2D eigenvalue weighted by molar-refractivity contribution is 0.180. The molecule has 0 radical (unpaired) electrons. The highest BCUT2D eigenvalue weighted by molar-refractivity contribution is 9.10. The van der Waals surface area contributed by atoms with E-state index in [1.807, 2.05) is 31.2 Å². The average Bonchev–Trinajstić information content (AvgIpc) is 2.98. The number of hydrogen-bond donors (Lipinski definition) is 1. The Morgan fingerprint density at radius 2 is 1.93 bits per heavy atom. The molecule has 1 N–H and O–H groups in total. The van der Waals surface area contributed by atoms with Crippen LogP contribution >= 0.6 is 34.9 Å². The lowest BCUT2D eigenvalue weighted by Gasteiger charge is -2.25. The highest BCUT2D eigenvalue weighted by atomic mass is 79.9. The molecule has 150 valence electrons. The van der Waals surface area contributed by atoms with Gasteiger partial charge < -0.3 is 9.42 Å². The van der Waals surface area contributed by atoms with Gasteiger partial charge in [0.25, 0.3) is 0 Å². The highest BCUT2D eigenvalue weighted by Crippen LogP contribution is 2.62. The quantitative estimate of drug-likeness (QED) is 0.357. The minimum absolute atomic E-state index is 0.0484. The van der Waals surface area contributed by atoms with E-state index in [1.54, 1.807) is 6.92 Å². The van der Waals surface area contributed by atoms with Gasteiger partial charge in [-0.2, -0.15) is 0 Å². The van der Waals surface area contributed by atoms with E-state index >= 15 is 0 Å². The zero-order valence-corrected chi connectivity index (χ0v) is 18.7. The van der Waals surface area contributed by atoms with Crippen molar-refractivity contribution >= 4 is 44.9 Å². The molecule has 1 aromatic heterocycles. The largest absolute Gasteiger partial charge is 0.336 e. The van der Waals surface area contributed by atoms with E-state index in [4.69, 9.17) is 4.52 Å². The molecule has 1 heterocycles. The molecule has 2 aromatic carbocycles. The third-order valence-electron chi connectivity index (χ3n) is 4.58. The second kappa shape index (κ2) is 8.72. The molecule has 3 atom stereocenters. The average molecular weight is 489 g/mol. The van der Waals surface area contributed by atoms with E-state index in [9.17, 15) is 18.2 Å². The Morgan fingerprint density at radius 1 is 1.21 bits per heavy atom. The Morgan fingerprint density at radius 3 is 2.57 bits per heavy atom. The molecule has 0 aliphatic rings. The molecule has 0 saturated heterocycles. The number of halogens is 3. The fourth-order valence-corrected chi connectivity index (χ4v) is 7.39. The second-order valence-electron chi connectivity index (χ2n) is 6.63. The summed E-state index contributed by atoms with van der Waals surface area (Å²) in [5.41, 5.74) is -0.478. The molecule has 3 nitrogen and oxygen atoms in total. The monoisotopic (exact) mass is 488 g/mol. The summed E-state index contributed by atoms with van der Waals surface area (Å²) in [5.74, 6) is -1.94. The third-order valence-corrected chi connectivity index (χ3v) is 9.04. The molecule has 8 heteroatoms. The van der Waals surface area contributed by atoms with E-state index in [0.29, 0.717) is 16.9 Å². The molecular weight excluding hydrogens is 469 g/mol. The van der Waals surface area contributed by atoms with Gasteiger partial charge in [0, 0.05) is 19.4 Å².